The molecule has 0 atom stereocenters. The van der Waals surface area contributed by atoms with Crippen LogP contribution in [-0.2, 0) is 4.79 Å². The SMILES string of the molecule is CC(C)CCN1C(=O)C(C)(C)COc2cc(NC(=O)c3ccno3)ccc21. The van der Waals surface area contributed by atoms with Crippen molar-refractivity contribution < 1.29 is 18.8 Å². The van der Waals surface area contributed by atoms with Crippen LogP contribution in [-0.4, -0.2) is 30.1 Å². The summed E-state index contributed by atoms with van der Waals surface area (Å²) in [5, 5.41) is 6.29. The molecular formula is C20H25N3O4. The van der Waals surface area contributed by atoms with E-state index in [0.717, 1.165) is 12.1 Å². The van der Waals surface area contributed by atoms with Crippen molar-refractivity contribution in [2.45, 2.75) is 34.1 Å². The second-order valence-corrected chi connectivity index (χ2v) is 7.83. The fraction of sp³-hybridized carbons (Fsp3) is 0.450. The van der Waals surface area contributed by atoms with E-state index in [9.17, 15) is 9.59 Å². The molecule has 144 valence electrons. The Kier molecular flexibility index (Phi) is 5.21. The number of hydrogen-bond donors (Lipinski definition) is 1. The number of nitrogens with zero attached hydrogens (tertiary/aromatic N) is 2. The van der Waals surface area contributed by atoms with Gasteiger partial charge in [-0.2, -0.15) is 0 Å². The molecule has 7 nitrogen and oxygen atoms in total. The van der Waals surface area contributed by atoms with E-state index in [1.165, 1.54) is 12.3 Å². The van der Waals surface area contributed by atoms with Gasteiger partial charge in [0.2, 0.25) is 11.7 Å². The van der Waals surface area contributed by atoms with Gasteiger partial charge in [-0.05, 0) is 38.3 Å². The van der Waals surface area contributed by atoms with Crippen molar-refractivity contribution in [3.63, 3.8) is 0 Å². The lowest BCUT2D eigenvalue weighted by atomic mass is 9.92. The monoisotopic (exact) mass is 371 g/mol. The summed E-state index contributed by atoms with van der Waals surface area (Å²) in [6, 6.07) is 6.79. The zero-order chi connectivity index (χ0) is 19.6. The summed E-state index contributed by atoms with van der Waals surface area (Å²) >= 11 is 0. The van der Waals surface area contributed by atoms with Gasteiger partial charge in [-0.25, -0.2) is 0 Å². The highest BCUT2D eigenvalue weighted by Crippen LogP contribution is 2.38. The van der Waals surface area contributed by atoms with E-state index in [1.807, 2.05) is 19.9 Å². The van der Waals surface area contributed by atoms with Gasteiger partial charge in [0.15, 0.2) is 0 Å². The first-order chi connectivity index (χ1) is 12.8. The number of nitrogens with one attached hydrogen (secondary N) is 1. The first kappa shape index (κ1) is 18.9. The number of rotatable bonds is 5. The predicted molar refractivity (Wildman–Crippen MR) is 102 cm³/mol. The van der Waals surface area contributed by atoms with Gasteiger partial charge in [0, 0.05) is 24.4 Å². The predicted octanol–water partition coefficient (Wildman–Crippen LogP) is 3.72. The van der Waals surface area contributed by atoms with Gasteiger partial charge in [-0.3, -0.25) is 9.59 Å². The Balaban J connectivity index is 1.88. The van der Waals surface area contributed by atoms with Crippen LogP contribution >= 0.6 is 0 Å². The third kappa shape index (κ3) is 4.13. The van der Waals surface area contributed by atoms with Crippen molar-refractivity contribution in [2.75, 3.05) is 23.4 Å². The largest absolute Gasteiger partial charge is 0.490 e. The van der Waals surface area contributed by atoms with Gasteiger partial charge in [0.25, 0.3) is 5.91 Å². The van der Waals surface area contributed by atoms with Gasteiger partial charge >= 0.3 is 0 Å². The van der Waals surface area contributed by atoms with Crippen molar-refractivity contribution >= 4 is 23.2 Å². The summed E-state index contributed by atoms with van der Waals surface area (Å²) < 4.78 is 10.8. The van der Waals surface area contributed by atoms with Crippen molar-refractivity contribution in [3.05, 3.63) is 36.2 Å². The Labute approximate surface area is 158 Å². The molecule has 1 aromatic heterocycles. The van der Waals surface area contributed by atoms with Crippen LogP contribution in [0.5, 0.6) is 5.75 Å². The minimum absolute atomic E-state index is 0.0420. The maximum absolute atomic E-state index is 13.0. The third-order valence-electron chi connectivity index (χ3n) is 4.51. The minimum atomic E-state index is -0.626. The first-order valence-electron chi connectivity index (χ1n) is 9.09. The van der Waals surface area contributed by atoms with Crippen LogP contribution in [0.2, 0.25) is 0 Å². The second-order valence-electron chi connectivity index (χ2n) is 7.83. The molecule has 0 spiro atoms. The summed E-state index contributed by atoms with van der Waals surface area (Å²) in [5.74, 6) is 0.831. The maximum Gasteiger partial charge on any atom is 0.294 e. The van der Waals surface area contributed by atoms with Crippen LogP contribution in [0, 0.1) is 11.3 Å². The van der Waals surface area contributed by atoms with E-state index in [2.05, 4.69) is 24.3 Å². The zero-order valence-electron chi connectivity index (χ0n) is 16.1. The summed E-state index contributed by atoms with van der Waals surface area (Å²) in [6.45, 7) is 8.93. The molecule has 0 unspecified atom stereocenters. The highest BCUT2D eigenvalue weighted by molar-refractivity contribution is 6.03. The van der Waals surface area contributed by atoms with E-state index >= 15 is 0 Å². The molecule has 2 aromatic rings. The van der Waals surface area contributed by atoms with Crippen LogP contribution in [0.3, 0.4) is 0 Å². The lowest BCUT2D eigenvalue weighted by molar-refractivity contribution is -0.127. The molecule has 0 bridgehead atoms. The topological polar surface area (TPSA) is 84.7 Å². The van der Waals surface area contributed by atoms with Crippen molar-refractivity contribution in [3.8, 4) is 5.75 Å². The Morgan fingerprint density at radius 2 is 2.11 bits per heavy atom. The number of anilines is 2. The highest BCUT2D eigenvalue weighted by Gasteiger charge is 2.37. The van der Waals surface area contributed by atoms with Crippen LogP contribution in [0.25, 0.3) is 0 Å². The van der Waals surface area contributed by atoms with Crippen LogP contribution in [0.4, 0.5) is 11.4 Å². The zero-order valence-corrected chi connectivity index (χ0v) is 16.1. The van der Waals surface area contributed by atoms with E-state index < -0.39 is 11.3 Å². The van der Waals surface area contributed by atoms with Crippen molar-refractivity contribution in [1.29, 1.82) is 0 Å². The summed E-state index contributed by atoms with van der Waals surface area (Å²) in [5.41, 5.74) is 0.661. The Hall–Kier alpha value is -2.83. The molecule has 1 aromatic carbocycles. The molecule has 7 heteroatoms. The molecule has 3 rings (SSSR count). The maximum atomic E-state index is 13.0. The molecule has 0 saturated carbocycles. The number of carbonyl (C=O) groups is 2. The number of carbonyl (C=O) groups excluding carboxylic acids is 2. The molecule has 0 aliphatic carbocycles. The average molecular weight is 371 g/mol. The van der Waals surface area contributed by atoms with E-state index in [1.54, 1.807) is 17.0 Å². The molecule has 2 heterocycles. The number of fused-ring (bicyclic) bond motifs is 1. The number of ether oxygens (including phenoxy) is 1. The number of hydrogen-bond acceptors (Lipinski definition) is 5. The Morgan fingerprint density at radius 3 is 2.78 bits per heavy atom. The van der Waals surface area contributed by atoms with Gasteiger partial charge in [0.05, 0.1) is 17.3 Å². The quantitative estimate of drug-likeness (QED) is 0.866. The van der Waals surface area contributed by atoms with E-state index in [-0.39, 0.29) is 18.3 Å². The molecule has 1 N–H and O–H groups in total. The van der Waals surface area contributed by atoms with Crippen molar-refractivity contribution in [2.24, 2.45) is 11.3 Å². The van der Waals surface area contributed by atoms with Crippen LogP contribution in [0.15, 0.2) is 35.0 Å². The van der Waals surface area contributed by atoms with Gasteiger partial charge in [-0.1, -0.05) is 19.0 Å². The smallest absolute Gasteiger partial charge is 0.294 e. The van der Waals surface area contributed by atoms with Crippen LogP contribution in [0.1, 0.15) is 44.7 Å². The lowest BCUT2D eigenvalue weighted by Crippen LogP contribution is -2.42. The summed E-state index contributed by atoms with van der Waals surface area (Å²) in [6.07, 6.45) is 2.31. The normalized spacial score (nSPS) is 15.9. The van der Waals surface area contributed by atoms with Crippen molar-refractivity contribution in [1.82, 2.24) is 5.16 Å². The van der Waals surface area contributed by atoms with Gasteiger partial charge in [-0.15, -0.1) is 0 Å². The molecule has 2 amide bonds. The number of aromatic nitrogens is 1. The molecule has 27 heavy (non-hydrogen) atoms. The Bertz CT molecular complexity index is 828. The van der Waals surface area contributed by atoms with E-state index in [4.69, 9.17) is 9.26 Å². The third-order valence-corrected chi connectivity index (χ3v) is 4.51. The molecule has 1 aliphatic rings. The van der Waals surface area contributed by atoms with Gasteiger partial charge in [0.1, 0.15) is 12.4 Å². The Morgan fingerprint density at radius 1 is 1.33 bits per heavy atom. The average Bonchev–Trinajstić information content (AvgIpc) is 3.13. The van der Waals surface area contributed by atoms with E-state index in [0.29, 0.717) is 23.9 Å². The van der Waals surface area contributed by atoms with Gasteiger partial charge < -0.3 is 19.5 Å². The molecule has 1 aliphatic heterocycles. The lowest BCUT2D eigenvalue weighted by Gasteiger charge is -2.28. The fourth-order valence-corrected chi connectivity index (χ4v) is 2.86. The number of benzene rings is 1. The highest BCUT2D eigenvalue weighted by atomic mass is 16.5. The number of amides is 2. The second kappa shape index (κ2) is 7.42. The van der Waals surface area contributed by atoms with Crippen LogP contribution < -0.4 is 15.0 Å². The minimum Gasteiger partial charge on any atom is -0.490 e. The molecule has 0 saturated heterocycles. The molecular weight excluding hydrogens is 346 g/mol. The molecule has 0 radical (unpaired) electrons. The fourth-order valence-electron chi connectivity index (χ4n) is 2.86. The first-order valence-corrected chi connectivity index (χ1v) is 9.09. The summed E-state index contributed by atoms with van der Waals surface area (Å²) in [7, 11) is 0. The molecule has 0 fully saturated rings. The summed E-state index contributed by atoms with van der Waals surface area (Å²) in [4.78, 5) is 27.0. The standard InChI is InChI=1S/C20H25N3O4/c1-13(2)8-10-23-15-6-5-14(22-18(24)16-7-9-21-27-16)11-17(15)26-12-20(3,4)19(23)25/h5-7,9,11,13H,8,10,12H2,1-4H3,(H,22,24).